The van der Waals surface area contributed by atoms with Gasteiger partial charge in [0.1, 0.15) is 12.6 Å². The molecular weight excluding hydrogens is 280 g/mol. The highest BCUT2D eigenvalue weighted by Gasteiger charge is 2.07. The first kappa shape index (κ1) is 15.0. The molecule has 0 saturated heterocycles. The molecule has 1 aromatic heterocycles. The molecule has 3 heteroatoms. The summed E-state index contributed by atoms with van der Waals surface area (Å²) in [6.45, 7) is 0. The summed E-state index contributed by atoms with van der Waals surface area (Å²) in [4.78, 5) is 21.6. The largest absolute Gasteiger partial charge is 0.303 e. The van der Waals surface area contributed by atoms with Crippen molar-refractivity contribution in [3.63, 3.8) is 0 Å². The normalized spacial score (nSPS) is 9.33. The van der Waals surface area contributed by atoms with E-state index in [0.717, 1.165) is 33.1 Å². The molecule has 0 spiro atoms. The molecule has 0 fully saturated rings. The van der Waals surface area contributed by atoms with Gasteiger partial charge in [-0.3, -0.25) is 0 Å². The maximum atomic E-state index is 10.3. The zero-order valence-electron chi connectivity index (χ0n) is 11.5. The van der Waals surface area contributed by atoms with Crippen molar-refractivity contribution in [2.75, 3.05) is 0 Å². The van der Waals surface area contributed by atoms with Gasteiger partial charge in [0.2, 0.25) is 0 Å². The Morgan fingerprint density at radius 1 is 0.952 bits per heavy atom. The molecule has 0 aliphatic rings. The molecule has 1 aromatic carbocycles. The van der Waals surface area contributed by atoms with Gasteiger partial charge in [0.15, 0.2) is 0 Å². The van der Waals surface area contributed by atoms with E-state index in [4.69, 9.17) is 0 Å². The average molecular weight is 294 g/mol. The molecule has 2 aromatic rings. The average Bonchev–Trinajstić information content (AvgIpc) is 2.86. The Morgan fingerprint density at radius 3 is 2.33 bits per heavy atom. The maximum absolute atomic E-state index is 10.3. The molecule has 0 saturated carbocycles. The minimum Gasteiger partial charge on any atom is -0.303 e. The van der Waals surface area contributed by atoms with Gasteiger partial charge in [0.25, 0.3) is 0 Å². The molecule has 0 bridgehead atoms. The lowest BCUT2D eigenvalue weighted by Gasteiger charge is -1.89. The summed E-state index contributed by atoms with van der Waals surface area (Å²) in [7, 11) is 0. The number of hydrogen-bond acceptors (Lipinski definition) is 3. The van der Waals surface area contributed by atoms with Crippen LogP contribution in [0, 0.1) is 23.7 Å². The lowest BCUT2D eigenvalue weighted by atomic mass is 10.1. The highest BCUT2D eigenvalue weighted by molar-refractivity contribution is 7.19. The van der Waals surface area contributed by atoms with Crippen molar-refractivity contribution in [2.45, 2.75) is 25.7 Å². The number of carbonyl (C=O) groups is 2. The number of carbonyl (C=O) groups excluding carboxylic acids is 2. The Morgan fingerprint density at radius 2 is 1.62 bits per heavy atom. The lowest BCUT2D eigenvalue weighted by Crippen LogP contribution is -1.78. The van der Waals surface area contributed by atoms with Crippen LogP contribution >= 0.6 is 11.3 Å². The number of aldehydes is 2. The molecule has 0 radical (unpaired) electrons. The van der Waals surface area contributed by atoms with E-state index < -0.39 is 0 Å². The van der Waals surface area contributed by atoms with E-state index >= 15 is 0 Å². The zero-order valence-corrected chi connectivity index (χ0v) is 12.3. The second-order valence-corrected chi connectivity index (χ2v) is 5.37. The molecule has 0 unspecified atom stereocenters. The summed E-state index contributed by atoms with van der Waals surface area (Å²) in [5.74, 6) is 12.3. The Kier molecular flexibility index (Phi) is 5.76. The number of benzene rings is 1. The Bertz CT molecular complexity index is 763. The minimum absolute atomic E-state index is 0.454. The van der Waals surface area contributed by atoms with E-state index in [2.05, 4.69) is 23.7 Å². The van der Waals surface area contributed by atoms with Gasteiger partial charge < -0.3 is 9.59 Å². The summed E-state index contributed by atoms with van der Waals surface area (Å²) in [5, 5.41) is 1.10. The van der Waals surface area contributed by atoms with Gasteiger partial charge in [-0.15, -0.1) is 11.3 Å². The van der Waals surface area contributed by atoms with Gasteiger partial charge >= 0.3 is 0 Å². The Hall–Kier alpha value is -2.36. The van der Waals surface area contributed by atoms with Crippen molar-refractivity contribution in [3.8, 4) is 23.7 Å². The smallest absolute Gasteiger partial charge is 0.120 e. The molecule has 0 aliphatic carbocycles. The second-order valence-electron chi connectivity index (χ2n) is 4.32. The van der Waals surface area contributed by atoms with Gasteiger partial charge in [0, 0.05) is 35.8 Å². The third kappa shape index (κ3) is 4.05. The SMILES string of the molecule is O=CCCC#Cc1sc2ccccc2c1C#CCCC=O. The second kappa shape index (κ2) is 8.04. The molecule has 1 heterocycles. The van der Waals surface area contributed by atoms with Crippen molar-refractivity contribution in [1.29, 1.82) is 0 Å². The van der Waals surface area contributed by atoms with Crippen molar-refractivity contribution in [2.24, 2.45) is 0 Å². The quantitative estimate of drug-likeness (QED) is 0.491. The summed E-state index contributed by atoms with van der Waals surface area (Å²) < 4.78 is 1.15. The van der Waals surface area contributed by atoms with Crippen LogP contribution in [-0.2, 0) is 9.59 Å². The van der Waals surface area contributed by atoms with Crippen LogP contribution in [0.1, 0.15) is 36.1 Å². The monoisotopic (exact) mass is 294 g/mol. The molecule has 2 nitrogen and oxygen atoms in total. The van der Waals surface area contributed by atoms with Crippen LogP contribution in [0.5, 0.6) is 0 Å². The van der Waals surface area contributed by atoms with Crippen LogP contribution in [0.4, 0.5) is 0 Å². The third-order valence-corrected chi connectivity index (χ3v) is 3.87. The summed E-state index contributed by atoms with van der Waals surface area (Å²) in [6.07, 6.45) is 3.79. The number of hydrogen-bond donors (Lipinski definition) is 0. The Labute approximate surface area is 128 Å². The number of unbranched alkanes of at least 4 members (excludes halogenated alkanes) is 2. The molecule has 0 atom stereocenters. The van der Waals surface area contributed by atoms with E-state index in [9.17, 15) is 9.59 Å². The zero-order chi connectivity index (χ0) is 14.9. The van der Waals surface area contributed by atoms with Crippen LogP contribution in [0.15, 0.2) is 24.3 Å². The Balaban J connectivity index is 2.36. The topological polar surface area (TPSA) is 34.1 Å². The number of fused-ring (bicyclic) bond motifs is 1. The first-order valence-corrected chi connectivity index (χ1v) is 7.55. The standard InChI is InChI=1S/C18H14O2S/c19-13-7-1-3-9-15-16-10-5-6-12-18(16)21-17(15)11-4-2-8-14-20/h5-6,10,12-14H,1-2,7-8H2. The molecule has 2 rings (SSSR count). The first-order valence-electron chi connectivity index (χ1n) is 6.73. The molecule has 0 amide bonds. The van der Waals surface area contributed by atoms with Crippen LogP contribution in [0.3, 0.4) is 0 Å². The summed E-state index contributed by atoms with van der Waals surface area (Å²) in [5.41, 5.74) is 0.931. The lowest BCUT2D eigenvalue weighted by molar-refractivity contribution is -0.108. The molecular formula is C18H14O2S. The van der Waals surface area contributed by atoms with Gasteiger partial charge in [0.05, 0.1) is 10.4 Å². The van der Waals surface area contributed by atoms with Gasteiger partial charge in [-0.1, -0.05) is 41.9 Å². The predicted octanol–water partition coefficient (Wildman–Crippen LogP) is 3.56. The summed E-state index contributed by atoms with van der Waals surface area (Å²) in [6, 6.07) is 8.06. The van der Waals surface area contributed by atoms with Crippen molar-refractivity contribution in [3.05, 3.63) is 34.7 Å². The van der Waals surface area contributed by atoms with Crippen molar-refractivity contribution < 1.29 is 9.59 Å². The first-order chi connectivity index (χ1) is 10.4. The van der Waals surface area contributed by atoms with Gasteiger partial charge in [-0.05, 0) is 6.07 Å². The van der Waals surface area contributed by atoms with Crippen LogP contribution in [0.2, 0.25) is 0 Å². The predicted molar refractivity (Wildman–Crippen MR) is 86.2 cm³/mol. The maximum Gasteiger partial charge on any atom is 0.120 e. The van der Waals surface area contributed by atoms with E-state index in [1.54, 1.807) is 11.3 Å². The number of rotatable bonds is 4. The molecule has 0 aliphatic heterocycles. The molecule has 0 N–H and O–H groups in total. The van der Waals surface area contributed by atoms with Crippen molar-refractivity contribution >= 4 is 34.0 Å². The van der Waals surface area contributed by atoms with E-state index in [1.807, 2.05) is 24.3 Å². The fourth-order valence-corrected chi connectivity index (χ4v) is 2.85. The fourth-order valence-electron chi connectivity index (χ4n) is 1.81. The van der Waals surface area contributed by atoms with Gasteiger partial charge in [-0.25, -0.2) is 0 Å². The van der Waals surface area contributed by atoms with Crippen LogP contribution in [-0.4, -0.2) is 12.6 Å². The number of thiophene rings is 1. The van der Waals surface area contributed by atoms with E-state index in [1.165, 1.54) is 0 Å². The fraction of sp³-hybridized carbons (Fsp3) is 0.222. The van der Waals surface area contributed by atoms with Crippen LogP contribution in [0.25, 0.3) is 10.1 Å². The third-order valence-electron chi connectivity index (χ3n) is 2.79. The minimum atomic E-state index is 0.454. The molecule has 104 valence electrons. The van der Waals surface area contributed by atoms with Crippen LogP contribution < -0.4 is 0 Å². The van der Waals surface area contributed by atoms with E-state index in [0.29, 0.717) is 25.7 Å². The highest BCUT2D eigenvalue weighted by atomic mass is 32.1. The van der Waals surface area contributed by atoms with E-state index in [-0.39, 0.29) is 0 Å². The van der Waals surface area contributed by atoms with Gasteiger partial charge in [-0.2, -0.15) is 0 Å². The summed E-state index contributed by atoms with van der Waals surface area (Å²) >= 11 is 1.61. The van der Waals surface area contributed by atoms with Crippen molar-refractivity contribution in [1.82, 2.24) is 0 Å². The molecule has 21 heavy (non-hydrogen) atoms. The highest BCUT2D eigenvalue weighted by Crippen LogP contribution is 2.30.